The highest BCUT2D eigenvalue weighted by molar-refractivity contribution is 5.92. The molecule has 0 radical (unpaired) electrons. The van der Waals surface area contributed by atoms with Gasteiger partial charge in [-0.2, -0.15) is 0 Å². The summed E-state index contributed by atoms with van der Waals surface area (Å²) in [6.45, 7) is 6.01. The molecule has 0 bridgehead atoms. The lowest BCUT2D eigenvalue weighted by Gasteiger charge is -2.12. The topological polar surface area (TPSA) is 72.1 Å². The third-order valence-corrected chi connectivity index (χ3v) is 3.64. The van der Waals surface area contributed by atoms with Crippen LogP contribution in [0.25, 0.3) is 0 Å². The first-order valence-electron chi connectivity index (χ1n) is 9.12. The zero-order valence-electron chi connectivity index (χ0n) is 16.6. The summed E-state index contributed by atoms with van der Waals surface area (Å²) in [5, 5.41) is 3.09. The highest BCUT2D eigenvalue weighted by Gasteiger charge is 2.01. The molecule has 0 aliphatic carbocycles. The molecule has 146 valence electrons. The standard InChI is InChI=1S/C21H30N4O2/c1-16(2)27-19-10-8-18(9-11-19)24-21(22)23-15-17-6-5-7-20(14-17)26-13-12-25(3)4/h5-11,14,16H,12-13,15H2,1-4H3,(H3,22,23,24). The lowest BCUT2D eigenvalue weighted by Crippen LogP contribution is -2.22. The fourth-order valence-electron chi connectivity index (χ4n) is 2.33. The van der Waals surface area contributed by atoms with E-state index in [1.165, 1.54) is 0 Å². The van der Waals surface area contributed by atoms with Crippen LogP contribution < -0.4 is 20.5 Å². The number of hydrogen-bond donors (Lipinski definition) is 2. The van der Waals surface area contributed by atoms with Crippen molar-refractivity contribution in [1.29, 1.82) is 0 Å². The van der Waals surface area contributed by atoms with Crippen LogP contribution in [0.1, 0.15) is 19.4 Å². The summed E-state index contributed by atoms with van der Waals surface area (Å²) >= 11 is 0. The van der Waals surface area contributed by atoms with Gasteiger partial charge in [-0.15, -0.1) is 0 Å². The summed E-state index contributed by atoms with van der Waals surface area (Å²) in [6.07, 6.45) is 0.151. The number of nitrogens with zero attached hydrogens (tertiary/aromatic N) is 2. The van der Waals surface area contributed by atoms with Gasteiger partial charge in [-0.25, -0.2) is 4.99 Å². The number of nitrogens with one attached hydrogen (secondary N) is 1. The van der Waals surface area contributed by atoms with E-state index in [2.05, 4.69) is 15.2 Å². The first kappa shape index (κ1) is 20.6. The molecule has 2 rings (SSSR count). The lowest BCUT2D eigenvalue weighted by atomic mass is 10.2. The van der Waals surface area contributed by atoms with Crippen LogP contribution in [-0.2, 0) is 6.54 Å². The van der Waals surface area contributed by atoms with E-state index in [1.807, 2.05) is 76.5 Å². The van der Waals surface area contributed by atoms with Gasteiger partial charge in [0.15, 0.2) is 5.96 Å². The number of aliphatic imine (C=N–C) groups is 1. The second kappa shape index (κ2) is 10.4. The summed E-state index contributed by atoms with van der Waals surface area (Å²) < 4.78 is 11.4. The first-order valence-corrected chi connectivity index (χ1v) is 9.12. The maximum Gasteiger partial charge on any atom is 0.193 e. The van der Waals surface area contributed by atoms with E-state index in [0.717, 1.165) is 29.3 Å². The number of hydrogen-bond acceptors (Lipinski definition) is 4. The molecule has 0 unspecified atom stereocenters. The zero-order valence-corrected chi connectivity index (χ0v) is 16.6. The molecule has 0 saturated carbocycles. The monoisotopic (exact) mass is 370 g/mol. The largest absolute Gasteiger partial charge is 0.492 e. The van der Waals surface area contributed by atoms with E-state index < -0.39 is 0 Å². The number of ether oxygens (including phenoxy) is 2. The maximum atomic E-state index is 5.99. The predicted molar refractivity (Wildman–Crippen MR) is 112 cm³/mol. The molecule has 0 spiro atoms. The fourth-order valence-corrected chi connectivity index (χ4v) is 2.33. The Hall–Kier alpha value is -2.73. The van der Waals surface area contributed by atoms with E-state index in [1.54, 1.807) is 0 Å². The highest BCUT2D eigenvalue weighted by Crippen LogP contribution is 2.17. The SMILES string of the molecule is CC(C)Oc1ccc(NC(N)=NCc2cccc(OCCN(C)C)c2)cc1. The van der Waals surface area contributed by atoms with Crippen LogP contribution in [0.2, 0.25) is 0 Å². The van der Waals surface area contributed by atoms with Crippen molar-refractivity contribution < 1.29 is 9.47 Å². The molecule has 27 heavy (non-hydrogen) atoms. The van der Waals surface area contributed by atoms with Gasteiger partial charge in [-0.05, 0) is 69.9 Å². The average molecular weight is 370 g/mol. The normalized spacial score (nSPS) is 11.7. The molecule has 0 saturated heterocycles. The summed E-state index contributed by atoms with van der Waals surface area (Å²) in [5.74, 6) is 2.04. The number of benzene rings is 2. The molecule has 3 N–H and O–H groups in total. The van der Waals surface area contributed by atoms with Crippen molar-refractivity contribution in [2.75, 3.05) is 32.6 Å². The zero-order chi connectivity index (χ0) is 19.6. The highest BCUT2D eigenvalue weighted by atomic mass is 16.5. The van der Waals surface area contributed by atoms with E-state index in [0.29, 0.717) is 19.1 Å². The van der Waals surface area contributed by atoms with Gasteiger partial charge < -0.3 is 25.4 Å². The maximum absolute atomic E-state index is 5.99. The van der Waals surface area contributed by atoms with Gasteiger partial charge in [0.1, 0.15) is 18.1 Å². The molecule has 0 fully saturated rings. The van der Waals surface area contributed by atoms with Gasteiger partial charge in [0.2, 0.25) is 0 Å². The Labute approximate surface area is 162 Å². The van der Waals surface area contributed by atoms with E-state index in [-0.39, 0.29) is 6.10 Å². The molecular weight excluding hydrogens is 340 g/mol. The number of likely N-dealkylation sites (N-methyl/N-ethyl adjacent to an activating group) is 1. The van der Waals surface area contributed by atoms with Crippen LogP contribution in [0.5, 0.6) is 11.5 Å². The van der Waals surface area contributed by atoms with Crippen LogP contribution in [0, 0.1) is 0 Å². The number of nitrogens with two attached hydrogens (primary N) is 1. The molecule has 0 atom stereocenters. The third kappa shape index (κ3) is 8.00. The molecule has 6 heteroatoms. The van der Waals surface area contributed by atoms with E-state index >= 15 is 0 Å². The fraction of sp³-hybridized carbons (Fsp3) is 0.381. The average Bonchev–Trinajstić information content (AvgIpc) is 2.61. The first-order chi connectivity index (χ1) is 12.9. The van der Waals surface area contributed by atoms with Gasteiger partial charge in [0.05, 0.1) is 12.6 Å². The van der Waals surface area contributed by atoms with Crippen molar-refractivity contribution in [3.05, 3.63) is 54.1 Å². The molecule has 0 aromatic heterocycles. The number of anilines is 1. The van der Waals surface area contributed by atoms with Crippen molar-refractivity contribution in [2.24, 2.45) is 10.7 Å². The molecule has 2 aromatic carbocycles. The second-order valence-corrected chi connectivity index (χ2v) is 6.82. The number of rotatable bonds is 9. The van der Waals surface area contributed by atoms with Gasteiger partial charge in [-0.1, -0.05) is 12.1 Å². The summed E-state index contributed by atoms with van der Waals surface area (Å²) in [6, 6.07) is 15.6. The van der Waals surface area contributed by atoms with Crippen LogP contribution in [-0.4, -0.2) is 44.2 Å². The third-order valence-electron chi connectivity index (χ3n) is 3.64. The Morgan fingerprint density at radius 2 is 1.85 bits per heavy atom. The Bertz CT molecular complexity index is 727. The molecule has 6 nitrogen and oxygen atoms in total. The summed E-state index contributed by atoms with van der Waals surface area (Å²) in [4.78, 5) is 6.48. The summed E-state index contributed by atoms with van der Waals surface area (Å²) in [7, 11) is 4.05. The predicted octanol–water partition coefficient (Wildman–Crippen LogP) is 3.34. The molecule has 2 aromatic rings. The molecule has 0 heterocycles. The van der Waals surface area contributed by atoms with Crippen molar-refractivity contribution in [3.63, 3.8) is 0 Å². The second-order valence-electron chi connectivity index (χ2n) is 6.82. The molecule has 0 aliphatic rings. The number of guanidine groups is 1. The van der Waals surface area contributed by atoms with Gasteiger partial charge in [-0.3, -0.25) is 0 Å². The minimum Gasteiger partial charge on any atom is -0.492 e. The molecule has 0 amide bonds. The van der Waals surface area contributed by atoms with E-state index in [9.17, 15) is 0 Å². The summed E-state index contributed by atoms with van der Waals surface area (Å²) in [5.41, 5.74) is 7.91. The van der Waals surface area contributed by atoms with Gasteiger partial charge >= 0.3 is 0 Å². The molecule has 0 aliphatic heterocycles. The Kier molecular flexibility index (Phi) is 7.95. The van der Waals surface area contributed by atoms with Crippen molar-refractivity contribution in [2.45, 2.75) is 26.5 Å². The van der Waals surface area contributed by atoms with Gasteiger partial charge in [0, 0.05) is 12.2 Å². The van der Waals surface area contributed by atoms with Crippen LogP contribution in [0.15, 0.2) is 53.5 Å². The van der Waals surface area contributed by atoms with Crippen molar-refractivity contribution in [3.8, 4) is 11.5 Å². The Morgan fingerprint density at radius 3 is 2.52 bits per heavy atom. The van der Waals surface area contributed by atoms with Crippen LogP contribution >= 0.6 is 0 Å². The van der Waals surface area contributed by atoms with Crippen molar-refractivity contribution in [1.82, 2.24) is 4.90 Å². The van der Waals surface area contributed by atoms with Gasteiger partial charge in [0.25, 0.3) is 0 Å². The van der Waals surface area contributed by atoms with Crippen molar-refractivity contribution >= 4 is 11.6 Å². The minimum absolute atomic E-state index is 0.151. The smallest absolute Gasteiger partial charge is 0.193 e. The minimum atomic E-state index is 0.151. The Morgan fingerprint density at radius 1 is 1.11 bits per heavy atom. The van der Waals surface area contributed by atoms with E-state index in [4.69, 9.17) is 15.2 Å². The molecular formula is C21H30N4O2. The quantitative estimate of drug-likeness (QED) is 0.523. The lowest BCUT2D eigenvalue weighted by molar-refractivity contribution is 0.242. The Balaban J connectivity index is 1.87. The van der Waals surface area contributed by atoms with Crippen LogP contribution in [0.4, 0.5) is 5.69 Å². The van der Waals surface area contributed by atoms with Crippen LogP contribution in [0.3, 0.4) is 0 Å².